The molecule has 4 heteroatoms. The smallest absolute Gasteiger partial charge is 0.0525 e. The number of rotatable bonds is 2. The van der Waals surface area contributed by atoms with Crippen molar-refractivity contribution in [1.82, 2.24) is 14.7 Å². The summed E-state index contributed by atoms with van der Waals surface area (Å²) in [4.78, 5) is 7.29. The average molecular weight is 238 g/mol. The van der Waals surface area contributed by atoms with Crippen LogP contribution in [0, 0.1) is 0 Å². The number of piperazine rings is 1. The first-order chi connectivity index (χ1) is 8.08. The van der Waals surface area contributed by atoms with E-state index in [1.165, 1.54) is 19.5 Å². The van der Waals surface area contributed by atoms with Gasteiger partial charge in [-0.1, -0.05) is 0 Å². The Bertz CT molecular complexity index is 279. The summed E-state index contributed by atoms with van der Waals surface area (Å²) >= 11 is 0. The molecule has 0 amide bonds. The summed E-state index contributed by atoms with van der Waals surface area (Å²) in [5, 5.41) is 0. The molecule has 2 heterocycles. The Morgan fingerprint density at radius 1 is 1.18 bits per heavy atom. The van der Waals surface area contributed by atoms with Crippen LogP contribution >= 0.6 is 0 Å². The molecule has 0 radical (unpaired) electrons. The second kappa shape index (κ2) is 5.27. The Balaban J connectivity index is 1.91. The van der Waals surface area contributed by atoms with Crippen LogP contribution in [-0.4, -0.2) is 66.6 Å². The van der Waals surface area contributed by atoms with E-state index in [4.69, 9.17) is 5.73 Å². The number of hydrogen-bond acceptors (Lipinski definition) is 4. The van der Waals surface area contributed by atoms with Gasteiger partial charge in [0.15, 0.2) is 0 Å². The van der Waals surface area contributed by atoms with Gasteiger partial charge in [-0.3, -0.25) is 9.80 Å². The van der Waals surface area contributed by atoms with Gasteiger partial charge in [0.1, 0.15) is 0 Å². The van der Waals surface area contributed by atoms with Crippen molar-refractivity contribution in [3.8, 4) is 0 Å². The molecule has 98 valence electrons. The maximum atomic E-state index is 6.16. The number of hydrogen-bond donors (Lipinski definition) is 1. The molecule has 17 heavy (non-hydrogen) atoms. The van der Waals surface area contributed by atoms with Gasteiger partial charge in [-0.25, -0.2) is 0 Å². The topological polar surface area (TPSA) is 35.7 Å². The molecule has 4 nitrogen and oxygen atoms in total. The zero-order valence-corrected chi connectivity index (χ0v) is 11.4. The molecule has 0 aliphatic carbocycles. The lowest BCUT2D eigenvalue weighted by molar-refractivity contribution is 0.0796. The summed E-state index contributed by atoms with van der Waals surface area (Å²) in [6, 6.07) is 1.14. The minimum atomic E-state index is 0.473. The maximum absolute atomic E-state index is 6.16. The van der Waals surface area contributed by atoms with E-state index in [1.54, 1.807) is 0 Å². The molecule has 1 saturated heterocycles. The molecule has 2 N–H and O–H groups in total. The summed E-state index contributed by atoms with van der Waals surface area (Å²) in [5.41, 5.74) is 7.20. The minimum Gasteiger partial charge on any atom is -0.400 e. The largest absolute Gasteiger partial charge is 0.400 e. The number of nitrogens with two attached hydrogens (primary N) is 1. The van der Waals surface area contributed by atoms with E-state index in [2.05, 4.69) is 41.8 Å². The van der Waals surface area contributed by atoms with Crippen LogP contribution in [0.5, 0.6) is 0 Å². The van der Waals surface area contributed by atoms with E-state index < -0.39 is 0 Å². The van der Waals surface area contributed by atoms with Crippen molar-refractivity contribution in [3.63, 3.8) is 0 Å². The fraction of sp³-hybridized carbons (Fsp3) is 0.846. The van der Waals surface area contributed by atoms with Crippen molar-refractivity contribution < 1.29 is 0 Å². The summed E-state index contributed by atoms with van der Waals surface area (Å²) in [5.74, 6) is 0. The molecule has 0 aromatic carbocycles. The van der Waals surface area contributed by atoms with Gasteiger partial charge in [-0.2, -0.15) is 0 Å². The highest BCUT2D eigenvalue weighted by atomic mass is 15.3. The van der Waals surface area contributed by atoms with Crippen LogP contribution < -0.4 is 5.73 Å². The average Bonchev–Trinajstić information content (AvgIpc) is 2.29. The van der Waals surface area contributed by atoms with E-state index in [0.717, 1.165) is 25.3 Å². The van der Waals surface area contributed by atoms with Crippen LogP contribution in [-0.2, 0) is 0 Å². The van der Waals surface area contributed by atoms with Gasteiger partial charge in [-0.15, -0.1) is 0 Å². The third-order valence-corrected chi connectivity index (χ3v) is 4.03. The highest BCUT2D eigenvalue weighted by Crippen LogP contribution is 2.19. The second-order valence-electron chi connectivity index (χ2n) is 5.58. The quantitative estimate of drug-likeness (QED) is 0.761. The van der Waals surface area contributed by atoms with E-state index >= 15 is 0 Å². The van der Waals surface area contributed by atoms with Gasteiger partial charge in [0.2, 0.25) is 0 Å². The molecular weight excluding hydrogens is 212 g/mol. The molecule has 2 aliphatic heterocycles. The maximum Gasteiger partial charge on any atom is 0.0525 e. The van der Waals surface area contributed by atoms with Gasteiger partial charge in [-0.05, 0) is 20.3 Å². The van der Waals surface area contributed by atoms with Crippen LogP contribution in [0.1, 0.15) is 20.3 Å². The lowest BCUT2D eigenvalue weighted by Gasteiger charge is -2.42. The Morgan fingerprint density at radius 3 is 2.35 bits per heavy atom. The predicted octanol–water partition coefficient (Wildman–Crippen LogP) is 0.517. The molecule has 0 aromatic rings. The van der Waals surface area contributed by atoms with Gasteiger partial charge in [0.05, 0.1) is 6.04 Å². The van der Waals surface area contributed by atoms with Crippen LogP contribution in [0.15, 0.2) is 11.9 Å². The lowest BCUT2D eigenvalue weighted by Crippen LogP contribution is -2.54. The highest BCUT2D eigenvalue weighted by molar-refractivity contribution is 5.10. The SMILES string of the molecule is CC(C)N1CCN(C2CCN(C)C=C2N)CC1. The van der Waals surface area contributed by atoms with Crippen molar-refractivity contribution in [2.75, 3.05) is 39.8 Å². The first-order valence-corrected chi connectivity index (χ1v) is 6.73. The zero-order chi connectivity index (χ0) is 12.4. The minimum absolute atomic E-state index is 0.473. The molecule has 0 bridgehead atoms. The van der Waals surface area contributed by atoms with Crippen molar-refractivity contribution in [1.29, 1.82) is 0 Å². The standard InChI is InChI=1S/C13H26N4/c1-11(2)16-6-8-17(9-7-16)13-4-5-15(3)10-12(13)14/h10-11,13H,4-9,14H2,1-3H3. The Morgan fingerprint density at radius 2 is 1.82 bits per heavy atom. The van der Waals surface area contributed by atoms with Crippen LogP contribution in [0.2, 0.25) is 0 Å². The fourth-order valence-electron chi connectivity index (χ4n) is 2.86. The third kappa shape index (κ3) is 2.93. The first-order valence-electron chi connectivity index (χ1n) is 6.73. The van der Waals surface area contributed by atoms with Gasteiger partial charge >= 0.3 is 0 Å². The predicted molar refractivity (Wildman–Crippen MR) is 71.6 cm³/mol. The summed E-state index contributed by atoms with van der Waals surface area (Å²) < 4.78 is 0. The Hall–Kier alpha value is -0.740. The molecule has 1 unspecified atom stereocenters. The third-order valence-electron chi connectivity index (χ3n) is 4.03. The number of nitrogens with zero attached hydrogens (tertiary/aromatic N) is 3. The van der Waals surface area contributed by atoms with Gasteiger partial charge < -0.3 is 10.6 Å². The van der Waals surface area contributed by atoms with Crippen molar-refractivity contribution in [2.24, 2.45) is 5.73 Å². The van der Waals surface area contributed by atoms with E-state index in [0.29, 0.717) is 12.1 Å². The monoisotopic (exact) mass is 238 g/mol. The Kier molecular flexibility index (Phi) is 3.94. The molecule has 0 aromatic heterocycles. The van der Waals surface area contributed by atoms with Crippen LogP contribution in [0.3, 0.4) is 0 Å². The fourth-order valence-corrected chi connectivity index (χ4v) is 2.86. The zero-order valence-electron chi connectivity index (χ0n) is 11.4. The molecule has 0 spiro atoms. The van der Waals surface area contributed by atoms with E-state index in [-0.39, 0.29) is 0 Å². The highest BCUT2D eigenvalue weighted by Gasteiger charge is 2.28. The second-order valence-corrected chi connectivity index (χ2v) is 5.58. The van der Waals surface area contributed by atoms with E-state index in [1.807, 2.05) is 0 Å². The van der Waals surface area contributed by atoms with Crippen LogP contribution in [0.25, 0.3) is 0 Å². The summed E-state index contributed by atoms with van der Waals surface area (Å²) in [6.45, 7) is 10.3. The Labute approximate surface area is 105 Å². The molecule has 0 saturated carbocycles. The summed E-state index contributed by atoms with van der Waals surface area (Å²) in [7, 11) is 2.10. The van der Waals surface area contributed by atoms with Crippen molar-refractivity contribution in [2.45, 2.75) is 32.4 Å². The molecule has 2 rings (SSSR count). The molecule has 1 atom stereocenters. The first kappa shape index (κ1) is 12.7. The van der Waals surface area contributed by atoms with Crippen molar-refractivity contribution in [3.05, 3.63) is 11.9 Å². The molecule has 2 aliphatic rings. The van der Waals surface area contributed by atoms with Gasteiger partial charge in [0.25, 0.3) is 0 Å². The molecular formula is C13H26N4. The summed E-state index contributed by atoms with van der Waals surface area (Å²) in [6.07, 6.45) is 3.27. The molecule has 1 fully saturated rings. The van der Waals surface area contributed by atoms with E-state index in [9.17, 15) is 0 Å². The van der Waals surface area contributed by atoms with Crippen LogP contribution in [0.4, 0.5) is 0 Å². The normalized spacial score (nSPS) is 28.6. The lowest BCUT2D eigenvalue weighted by atomic mass is 10.0. The van der Waals surface area contributed by atoms with Gasteiger partial charge in [0, 0.05) is 57.7 Å². The van der Waals surface area contributed by atoms with Crippen molar-refractivity contribution >= 4 is 0 Å².